The van der Waals surface area contributed by atoms with Gasteiger partial charge in [0, 0.05) is 13.0 Å². The molecule has 158 valence electrons. The van der Waals surface area contributed by atoms with E-state index in [2.05, 4.69) is 10.6 Å². The number of urea groups is 1. The van der Waals surface area contributed by atoms with Crippen LogP contribution < -0.4 is 10.6 Å². The minimum atomic E-state index is -0.694. The molecule has 2 aromatic rings. The molecule has 2 aromatic carbocycles. The molecule has 0 aliphatic carbocycles. The molecule has 7 heteroatoms. The van der Waals surface area contributed by atoms with Crippen molar-refractivity contribution in [3.63, 3.8) is 0 Å². The lowest BCUT2D eigenvalue weighted by Crippen LogP contribution is -2.40. The van der Waals surface area contributed by atoms with Crippen LogP contribution in [-0.4, -0.2) is 53.1 Å². The van der Waals surface area contributed by atoms with Crippen molar-refractivity contribution in [3.8, 4) is 0 Å². The number of aliphatic hydroxyl groups excluding tert-OH is 1. The summed E-state index contributed by atoms with van der Waals surface area (Å²) in [4.78, 5) is 38.2. The molecule has 1 fully saturated rings. The highest BCUT2D eigenvalue weighted by molar-refractivity contribution is 6.04. The molecule has 0 saturated carbocycles. The minimum Gasteiger partial charge on any atom is -0.394 e. The van der Waals surface area contributed by atoms with Crippen LogP contribution in [0.25, 0.3) is 0 Å². The molecule has 1 aliphatic heterocycles. The van der Waals surface area contributed by atoms with E-state index in [1.165, 1.54) is 4.90 Å². The van der Waals surface area contributed by atoms with Crippen LogP contribution in [0.4, 0.5) is 4.79 Å². The van der Waals surface area contributed by atoms with Gasteiger partial charge in [0.25, 0.3) is 5.91 Å². The van der Waals surface area contributed by atoms with E-state index in [9.17, 15) is 19.5 Å². The van der Waals surface area contributed by atoms with Gasteiger partial charge in [0.05, 0.1) is 12.6 Å². The van der Waals surface area contributed by atoms with Crippen molar-refractivity contribution in [1.29, 1.82) is 0 Å². The largest absolute Gasteiger partial charge is 0.394 e. The standard InChI is InChI=1S/C23H27N3O4/c27-16-19(15-18-9-5-2-6-10-18)24-21(28)12-11-20-22(29)26(23(30)25-20)14-13-17-7-3-1-4-8-17/h1-10,19-20,27H,11-16H2,(H,24,28)(H,25,30)/t19-,20+/m0/s1. The van der Waals surface area contributed by atoms with Crippen molar-refractivity contribution in [3.05, 3.63) is 71.8 Å². The number of hydrogen-bond acceptors (Lipinski definition) is 4. The number of hydrogen-bond donors (Lipinski definition) is 3. The summed E-state index contributed by atoms with van der Waals surface area (Å²) < 4.78 is 0. The highest BCUT2D eigenvalue weighted by Gasteiger charge is 2.37. The Kier molecular flexibility index (Phi) is 7.57. The van der Waals surface area contributed by atoms with Crippen molar-refractivity contribution < 1.29 is 19.5 Å². The Morgan fingerprint density at radius 1 is 1.03 bits per heavy atom. The van der Waals surface area contributed by atoms with E-state index in [0.717, 1.165) is 11.1 Å². The molecule has 0 radical (unpaired) electrons. The van der Waals surface area contributed by atoms with Crippen LogP contribution in [0.3, 0.4) is 0 Å². The van der Waals surface area contributed by atoms with Gasteiger partial charge in [-0.05, 0) is 30.4 Å². The summed E-state index contributed by atoms with van der Waals surface area (Å²) in [5, 5.41) is 15.0. The van der Waals surface area contributed by atoms with Crippen molar-refractivity contribution in [2.24, 2.45) is 0 Å². The molecular formula is C23H27N3O4. The second kappa shape index (κ2) is 10.5. The SMILES string of the molecule is O=C(CC[C@H]1NC(=O)N(CCc2ccccc2)C1=O)N[C@H](CO)Cc1ccccc1. The molecule has 0 unspecified atom stereocenters. The van der Waals surface area contributed by atoms with E-state index >= 15 is 0 Å². The van der Waals surface area contributed by atoms with Crippen LogP contribution in [0.1, 0.15) is 24.0 Å². The summed E-state index contributed by atoms with van der Waals surface area (Å²) in [5.74, 6) is -0.554. The van der Waals surface area contributed by atoms with Crippen molar-refractivity contribution in [2.45, 2.75) is 37.8 Å². The van der Waals surface area contributed by atoms with Gasteiger partial charge in [-0.15, -0.1) is 0 Å². The third kappa shape index (κ3) is 5.90. The number of imide groups is 1. The summed E-state index contributed by atoms with van der Waals surface area (Å²) in [6.45, 7) is 0.133. The van der Waals surface area contributed by atoms with Gasteiger partial charge < -0.3 is 15.7 Å². The Balaban J connectivity index is 1.45. The Morgan fingerprint density at radius 3 is 2.30 bits per heavy atom. The second-order valence-electron chi connectivity index (χ2n) is 7.40. The zero-order chi connectivity index (χ0) is 21.3. The number of benzene rings is 2. The van der Waals surface area contributed by atoms with E-state index in [1.807, 2.05) is 60.7 Å². The molecule has 4 amide bonds. The van der Waals surface area contributed by atoms with Crippen molar-refractivity contribution in [2.75, 3.05) is 13.2 Å². The summed E-state index contributed by atoms with van der Waals surface area (Å²) in [6.07, 6.45) is 1.43. The normalized spacial score (nSPS) is 17.0. The molecule has 0 bridgehead atoms. The average Bonchev–Trinajstić information content (AvgIpc) is 3.04. The first-order valence-electron chi connectivity index (χ1n) is 10.2. The zero-order valence-corrected chi connectivity index (χ0v) is 16.8. The highest BCUT2D eigenvalue weighted by atomic mass is 16.3. The smallest absolute Gasteiger partial charge is 0.324 e. The summed E-state index contributed by atoms with van der Waals surface area (Å²) >= 11 is 0. The first-order chi connectivity index (χ1) is 14.6. The quantitative estimate of drug-likeness (QED) is 0.520. The summed E-state index contributed by atoms with van der Waals surface area (Å²) in [6, 6.07) is 17.7. The first kappa shape index (κ1) is 21.5. The fourth-order valence-electron chi connectivity index (χ4n) is 3.50. The van der Waals surface area contributed by atoms with Gasteiger partial charge in [-0.25, -0.2) is 4.79 Å². The van der Waals surface area contributed by atoms with Crippen molar-refractivity contribution >= 4 is 17.8 Å². The van der Waals surface area contributed by atoms with E-state index in [1.54, 1.807) is 0 Å². The highest BCUT2D eigenvalue weighted by Crippen LogP contribution is 2.13. The van der Waals surface area contributed by atoms with Crippen molar-refractivity contribution in [1.82, 2.24) is 15.5 Å². The number of nitrogens with one attached hydrogen (secondary N) is 2. The number of rotatable bonds is 10. The Labute approximate surface area is 176 Å². The molecule has 1 saturated heterocycles. The van der Waals surface area contributed by atoms with Crippen LogP contribution in [0.5, 0.6) is 0 Å². The maximum Gasteiger partial charge on any atom is 0.324 e. The number of aliphatic hydroxyl groups is 1. The van der Waals surface area contributed by atoms with Crippen LogP contribution >= 0.6 is 0 Å². The molecule has 2 atom stereocenters. The Morgan fingerprint density at radius 2 is 1.67 bits per heavy atom. The van der Waals surface area contributed by atoms with Gasteiger partial charge in [0.2, 0.25) is 5.91 Å². The molecule has 1 heterocycles. The molecular weight excluding hydrogens is 382 g/mol. The van der Waals surface area contributed by atoms with Gasteiger partial charge in [-0.2, -0.15) is 0 Å². The molecule has 3 rings (SSSR count). The van der Waals surface area contributed by atoms with Crippen LogP contribution in [-0.2, 0) is 22.4 Å². The molecule has 1 aliphatic rings. The summed E-state index contributed by atoms with van der Waals surface area (Å²) in [7, 11) is 0. The zero-order valence-electron chi connectivity index (χ0n) is 16.8. The average molecular weight is 409 g/mol. The third-order valence-corrected chi connectivity index (χ3v) is 5.14. The van der Waals surface area contributed by atoms with Gasteiger partial charge in [0.1, 0.15) is 6.04 Å². The van der Waals surface area contributed by atoms with E-state index in [-0.39, 0.29) is 31.3 Å². The predicted octanol–water partition coefficient (Wildman–Crippen LogP) is 1.65. The summed E-state index contributed by atoms with van der Waals surface area (Å²) in [5.41, 5.74) is 2.07. The van der Waals surface area contributed by atoms with E-state index < -0.39 is 18.1 Å². The Hall–Kier alpha value is -3.19. The number of carbonyl (C=O) groups excluding carboxylic acids is 3. The van der Waals surface area contributed by atoms with E-state index in [0.29, 0.717) is 19.4 Å². The topological polar surface area (TPSA) is 98.7 Å². The lowest BCUT2D eigenvalue weighted by molar-refractivity contribution is -0.127. The first-order valence-corrected chi connectivity index (χ1v) is 10.2. The van der Waals surface area contributed by atoms with Gasteiger partial charge in [-0.3, -0.25) is 14.5 Å². The van der Waals surface area contributed by atoms with Gasteiger partial charge >= 0.3 is 6.03 Å². The third-order valence-electron chi connectivity index (χ3n) is 5.14. The van der Waals surface area contributed by atoms with Crippen LogP contribution in [0.15, 0.2) is 60.7 Å². The fourth-order valence-corrected chi connectivity index (χ4v) is 3.50. The molecule has 0 aromatic heterocycles. The molecule has 7 nitrogen and oxygen atoms in total. The maximum atomic E-state index is 12.5. The number of amides is 4. The minimum absolute atomic E-state index is 0.0918. The number of carbonyl (C=O) groups is 3. The monoisotopic (exact) mass is 409 g/mol. The predicted molar refractivity (Wildman–Crippen MR) is 113 cm³/mol. The second-order valence-corrected chi connectivity index (χ2v) is 7.40. The molecule has 30 heavy (non-hydrogen) atoms. The fraction of sp³-hybridized carbons (Fsp3) is 0.348. The van der Waals surface area contributed by atoms with Crippen LogP contribution in [0.2, 0.25) is 0 Å². The Bertz CT molecular complexity index is 857. The lowest BCUT2D eigenvalue weighted by Gasteiger charge is -2.17. The van der Waals surface area contributed by atoms with Gasteiger partial charge in [0.15, 0.2) is 0 Å². The maximum absolute atomic E-state index is 12.5. The molecule has 0 spiro atoms. The van der Waals surface area contributed by atoms with E-state index in [4.69, 9.17) is 0 Å². The van der Waals surface area contributed by atoms with Crippen LogP contribution in [0, 0.1) is 0 Å². The molecule has 3 N–H and O–H groups in total. The van der Waals surface area contributed by atoms with Gasteiger partial charge in [-0.1, -0.05) is 60.7 Å². The lowest BCUT2D eigenvalue weighted by atomic mass is 10.1. The number of nitrogens with zero attached hydrogens (tertiary/aromatic N) is 1.